The topological polar surface area (TPSA) is 38.8 Å². The molecule has 0 aromatic rings. The Morgan fingerprint density at radius 1 is 1.37 bits per heavy atom. The van der Waals surface area contributed by atoms with Crippen LogP contribution in [0.4, 0.5) is 4.79 Å². The molecule has 0 unspecified atom stereocenters. The molecule has 0 aromatic heterocycles. The van der Waals surface area contributed by atoms with Crippen molar-refractivity contribution in [3.05, 3.63) is 11.8 Å². The Hall–Kier alpha value is -1.19. The van der Waals surface area contributed by atoms with Gasteiger partial charge in [0.2, 0.25) is 0 Å². The highest BCUT2D eigenvalue weighted by Crippen LogP contribution is 2.46. The van der Waals surface area contributed by atoms with Crippen LogP contribution in [0.1, 0.15) is 52.9 Å². The molecule has 0 atom stereocenters. The van der Waals surface area contributed by atoms with Crippen molar-refractivity contribution in [2.24, 2.45) is 0 Å². The summed E-state index contributed by atoms with van der Waals surface area (Å²) in [4.78, 5) is 14.3. The van der Waals surface area contributed by atoms with Crippen molar-refractivity contribution in [3.63, 3.8) is 0 Å². The van der Waals surface area contributed by atoms with Gasteiger partial charge in [0.05, 0.1) is 18.9 Å². The van der Waals surface area contributed by atoms with Gasteiger partial charge in [-0.1, -0.05) is 0 Å². The van der Waals surface area contributed by atoms with Crippen molar-refractivity contribution in [3.8, 4) is 0 Å². The minimum absolute atomic E-state index is 0.00898. The van der Waals surface area contributed by atoms with E-state index in [0.717, 1.165) is 32.2 Å². The van der Waals surface area contributed by atoms with Crippen molar-refractivity contribution in [2.45, 2.75) is 64.0 Å². The molecule has 2 rings (SSSR count). The van der Waals surface area contributed by atoms with Gasteiger partial charge in [-0.3, -0.25) is 0 Å². The number of nitrogens with zero attached hydrogens (tertiary/aromatic N) is 1. The average Bonchev–Trinajstić information content (AvgIpc) is 2.24. The fourth-order valence-electron chi connectivity index (χ4n) is 3.00. The average molecular weight is 267 g/mol. The first-order valence-corrected chi connectivity index (χ1v) is 7.08. The van der Waals surface area contributed by atoms with Crippen LogP contribution < -0.4 is 0 Å². The number of likely N-dealkylation sites (tertiary alicyclic amines) is 1. The zero-order valence-corrected chi connectivity index (χ0v) is 12.5. The molecule has 4 nitrogen and oxygen atoms in total. The summed E-state index contributed by atoms with van der Waals surface area (Å²) in [7, 11) is 1.68. The second kappa shape index (κ2) is 5.06. The normalized spacial score (nSPS) is 24.2. The number of ether oxygens (including phenoxy) is 2. The number of hydrogen-bond acceptors (Lipinski definition) is 3. The van der Waals surface area contributed by atoms with E-state index in [1.165, 1.54) is 12.0 Å². The third-order valence-corrected chi connectivity index (χ3v) is 3.97. The second-order valence-corrected chi connectivity index (χ2v) is 6.65. The third kappa shape index (κ3) is 3.04. The van der Waals surface area contributed by atoms with Crippen molar-refractivity contribution < 1.29 is 14.3 Å². The molecule has 1 spiro atoms. The molecule has 2 aliphatic rings. The molecular formula is C15H25NO3. The molecule has 1 heterocycles. The fraction of sp³-hybridized carbons (Fsp3) is 0.800. The molecule has 0 radical (unpaired) electrons. The molecule has 0 N–H and O–H groups in total. The van der Waals surface area contributed by atoms with Crippen molar-refractivity contribution in [1.29, 1.82) is 0 Å². The molecule has 19 heavy (non-hydrogen) atoms. The number of rotatable bonds is 1. The standard InChI is InChI=1S/C15H25NO3/c1-14(2,3)19-13(17)16-9-6-12(11-18-4)10-15(16)7-5-8-15/h11H,5-10H2,1-4H3. The zero-order chi connectivity index (χ0) is 14.1. The van der Waals surface area contributed by atoms with E-state index < -0.39 is 5.60 Å². The van der Waals surface area contributed by atoms with Crippen molar-refractivity contribution >= 4 is 6.09 Å². The van der Waals surface area contributed by atoms with Gasteiger partial charge in [0.15, 0.2) is 0 Å². The zero-order valence-electron chi connectivity index (χ0n) is 12.5. The van der Waals surface area contributed by atoms with Gasteiger partial charge >= 0.3 is 6.09 Å². The van der Waals surface area contributed by atoms with Crippen LogP contribution in [0.2, 0.25) is 0 Å². The Morgan fingerprint density at radius 2 is 2.05 bits per heavy atom. The quantitative estimate of drug-likeness (QED) is 0.683. The summed E-state index contributed by atoms with van der Waals surface area (Å²) in [6.07, 6.45) is 6.84. The van der Waals surface area contributed by atoms with Gasteiger partial charge in [0, 0.05) is 6.54 Å². The first-order chi connectivity index (χ1) is 8.86. The van der Waals surface area contributed by atoms with E-state index in [1.54, 1.807) is 7.11 Å². The van der Waals surface area contributed by atoms with E-state index in [2.05, 4.69) is 0 Å². The molecule has 1 amide bonds. The lowest BCUT2D eigenvalue weighted by molar-refractivity contribution is -0.0343. The highest BCUT2D eigenvalue weighted by Gasteiger charge is 2.48. The van der Waals surface area contributed by atoms with Crippen LogP contribution in [0.5, 0.6) is 0 Å². The minimum Gasteiger partial charge on any atom is -0.504 e. The van der Waals surface area contributed by atoms with Crippen LogP contribution in [0.15, 0.2) is 11.8 Å². The number of amides is 1. The predicted octanol–water partition coefficient (Wildman–Crippen LogP) is 3.47. The maximum Gasteiger partial charge on any atom is 0.410 e. The molecule has 2 fully saturated rings. The Bertz CT molecular complexity index is 377. The molecule has 108 valence electrons. The van der Waals surface area contributed by atoms with Crippen LogP contribution in [-0.4, -0.2) is 35.8 Å². The number of methoxy groups -OCH3 is 1. The van der Waals surface area contributed by atoms with Crippen LogP contribution >= 0.6 is 0 Å². The summed E-state index contributed by atoms with van der Waals surface area (Å²) in [5, 5.41) is 0. The van der Waals surface area contributed by atoms with Crippen molar-refractivity contribution in [2.75, 3.05) is 13.7 Å². The SMILES string of the molecule is COC=C1CCN(C(=O)OC(C)(C)C)C2(CCC2)C1. The van der Waals surface area contributed by atoms with Gasteiger partial charge in [-0.2, -0.15) is 0 Å². The monoisotopic (exact) mass is 267 g/mol. The maximum absolute atomic E-state index is 12.3. The Balaban J connectivity index is 2.09. The molecule has 0 aromatic carbocycles. The summed E-state index contributed by atoms with van der Waals surface area (Å²) >= 11 is 0. The first kappa shape index (κ1) is 14.2. The van der Waals surface area contributed by atoms with E-state index in [-0.39, 0.29) is 11.6 Å². The van der Waals surface area contributed by atoms with Gasteiger partial charge in [-0.05, 0) is 58.4 Å². The van der Waals surface area contributed by atoms with Gasteiger partial charge < -0.3 is 14.4 Å². The summed E-state index contributed by atoms with van der Waals surface area (Å²) in [5.41, 5.74) is 0.873. The van der Waals surface area contributed by atoms with E-state index in [9.17, 15) is 4.79 Å². The summed E-state index contributed by atoms with van der Waals surface area (Å²) in [5.74, 6) is 0. The molecule has 1 aliphatic heterocycles. The van der Waals surface area contributed by atoms with Crippen LogP contribution in [0.3, 0.4) is 0 Å². The van der Waals surface area contributed by atoms with E-state index >= 15 is 0 Å². The lowest BCUT2D eigenvalue weighted by Gasteiger charge is -2.53. The first-order valence-electron chi connectivity index (χ1n) is 7.08. The molecule has 0 bridgehead atoms. The Kier molecular flexibility index (Phi) is 3.79. The van der Waals surface area contributed by atoms with Gasteiger partial charge in [0.1, 0.15) is 5.60 Å². The predicted molar refractivity (Wildman–Crippen MR) is 73.8 cm³/mol. The third-order valence-electron chi connectivity index (χ3n) is 3.97. The minimum atomic E-state index is -0.426. The number of piperidine rings is 1. The Morgan fingerprint density at radius 3 is 2.53 bits per heavy atom. The van der Waals surface area contributed by atoms with Crippen molar-refractivity contribution in [1.82, 2.24) is 4.90 Å². The smallest absolute Gasteiger partial charge is 0.410 e. The Labute approximate surface area is 115 Å². The van der Waals surface area contributed by atoms with E-state index in [4.69, 9.17) is 9.47 Å². The van der Waals surface area contributed by atoms with Gasteiger partial charge in [-0.25, -0.2) is 4.79 Å². The highest BCUT2D eigenvalue weighted by molar-refractivity contribution is 5.70. The summed E-state index contributed by atoms with van der Waals surface area (Å²) < 4.78 is 10.7. The fourth-order valence-corrected chi connectivity index (χ4v) is 3.00. The van der Waals surface area contributed by atoms with Crippen LogP contribution in [0.25, 0.3) is 0 Å². The summed E-state index contributed by atoms with van der Waals surface area (Å²) in [6.45, 7) is 6.49. The number of carbonyl (C=O) groups excluding carboxylic acids is 1. The molecule has 4 heteroatoms. The highest BCUT2D eigenvalue weighted by atomic mass is 16.6. The maximum atomic E-state index is 12.3. The molecule has 1 saturated carbocycles. The lowest BCUT2D eigenvalue weighted by Crippen LogP contribution is -2.59. The van der Waals surface area contributed by atoms with E-state index in [0.29, 0.717) is 0 Å². The second-order valence-electron chi connectivity index (χ2n) is 6.65. The molecule has 1 saturated heterocycles. The molecular weight excluding hydrogens is 242 g/mol. The van der Waals surface area contributed by atoms with E-state index in [1.807, 2.05) is 31.9 Å². The van der Waals surface area contributed by atoms with Gasteiger partial charge in [-0.15, -0.1) is 0 Å². The number of hydrogen-bond donors (Lipinski definition) is 0. The lowest BCUT2D eigenvalue weighted by atomic mass is 9.69. The number of carbonyl (C=O) groups is 1. The summed E-state index contributed by atoms with van der Waals surface area (Å²) in [6, 6.07) is 0. The van der Waals surface area contributed by atoms with Crippen LogP contribution in [0, 0.1) is 0 Å². The molecule has 1 aliphatic carbocycles. The van der Waals surface area contributed by atoms with Crippen LogP contribution in [-0.2, 0) is 9.47 Å². The largest absolute Gasteiger partial charge is 0.504 e. The van der Waals surface area contributed by atoms with Gasteiger partial charge in [0.25, 0.3) is 0 Å².